The van der Waals surface area contributed by atoms with Crippen LogP contribution in [0.3, 0.4) is 0 Å². The predicted octanol–water partition coefficient (Wildman–Crippen LogP) is 1.65. The third kappa shape index (κ3) is 2.78. The van der Waals surface area contributed by atoms with Crippen LogP contribution in [0.4, 0.5) is 5.95 Å². The maximum Gasteiger partial charge on any atom is 0.254 e. The highest BCUT2D eigenvalue weighted by Gasteiger charge is 2.36. The minimum Gasteiger partial charge on any atom is -0.336 e. The number of anilines is 1. The monoisotopic (exact) mass is 352 g/mol. The molecular weight excluding hydrogens is 328 g/mol. The number of hydrogen-bond donors (Lipinski definition) is 1. The van der Waals surface area contributed by atoms with Gasteiger partial charge in [0.15, 0.2) is 0 Å². The van der Waals surface area contributed by atoms with Crippen molar-refractivity contribution in [2.75, 3.05) is 38.5 Å². The van der Waals surface area contributed by atoms with Crippen LogP contribution in [0.2, 0.25) is 0 Å². The Kier molecular flexibility index (Phi) is 4.24. The lowest BCUT2D eigenvalue weighted by Crippen LogP contribution is -2.49. The molecule has 0 spiro atoms. The van der Waals surface area contributed by atoms with Crippen molar-refractivity contribution in [3.05, 3.63) is 53.0 Å². The number of amides is 1. The fourth-order valence-electron chi connectivity index (χ4n) is 3.73. The van der Waals surface area contributed by atoms with Gasteiger partial charge in [-0.25, -0.2) is 4.68 Å². The number of allylic oxidation sites excluding steroid dienone is 1. The van der Waals surface area contributed by atoms with Gasteiger partial charge < -0.3 is 15.1 Å². The molecule has 1 aromatic carbocycles. The van der Waals surface area contributed by atoms with E-state index < -0.39 is 0 Å². The van der Waals surface area contributed by atoms with Crippen molar-refractivity contribution >= 4 is 11.9 Å². The molecule has 1 aromatic heterocycles. The normalized spacial score (nSPS) is 20.7. The van der Waals surface area contributed by atoms with Gasteiger partial charge in [-0.1, -0.05) is 24.3 Å². The standard InChI is InChI=1S/C19H24N6O/c1-13-6-4-5-7-15(13)17-16(14(2)22-19-20-12-21-25(17)19)18(26)24-10-8-23(3)9-11-24/h4-7,12,17H,8-11H2,1-3H3,(H,20,21,22)/t17-/m1/s1. The number of carbonyl (C=O) groups is 1. The number of benzene rings is 1. The fraction of sp³-hybridized carbons (Fsp3) is 0.421. The third-order valence-corrected chi connectivity index (χ3v) is 5.30. The lowest BCUT2D eigenvalue weighted by molar-refractivity contribution is -0.129. The zero-order valence-electron chi connectivity index (χ0n) is 15.4. The molecule has 1 amide bonds. The Morgan fingerprint density at radius 1 is 1.15 bits per heavy atom. The van der Waals surface area contributed by atoms with Crippen molar-refractivity contribution in [3.8, 4) is 0 Å². The SMILES string of the molecule is CC1=C(C(=O)N2CCN(C)CC2)[C@@H](c2ccccc2C)n2ncnc2N1. The summed E-state index contributed by atoms with van der Waals surface area (Å²) in [6.45, 7) is 7.31. The van der Waals surface area contributed by atoms with Gasteiger partial charge in [-0.15, -0.1) is 0 Å². The van der Waals surface area contributed by atoms with Crippen LogP contribution in [-0.4, -0.2) is 63.7 Å². The van der Waals surface area contributed by atoms with Gasteiger partial charge in [-0.05, 0) is 32.0 Å². The number of likely N-dealkylation sites (N-methyl/N-ethyl adjacent to an activating group) is 1. The zero-order chi connectivity index (χ0) is 18.3. The van der Waals surface area contributed by atoms with E-state index in [1.165, 1.54) is 6.33 Å². The first-order valence-corrected chi connectivity index (χ1v) is 8.97. The Labute approximate surface area is 153 Å². The number of aryl methyl sites for hydroxylation is 1. The average Bonchev–Trinajstić information content (AvgIpc) is 3.09. The minimum atomic E-state index is -0.262. The summed E-state index contributed by atoms with van der Waals surface area (Å²) >= 11 is 0. The van der Waals surface area contributed by atoms with Gasteiger partial charge in [-0.3, -0.25) is 4.79 Å². The molecule has 1 saturated heterocycles. The van der Waals surface area contributed by atoms with E-state index in [0.29, 0.717) is 5.95 Å². The fourth-order valence-corrected chi connectivity index (χ4v) is 3.73. The average molecular weight is 352 g/mol. The zero-order valence-corrected chi connectivity index (χ0v) is 15.4. The number of piperazine rings is 1. The molecule has 7 heteroatoms. The van der Waals surface area contributed by atoms with Gasteiger partial charge >= 0.3 is 0 Å². The number of hydrogen-bond acceptors (Lipinski definition) is 5. The largest absolute Gasteiger partial charge is 0.336 e. The van der Waals surface area contributed by atoms with Gasteiger partial charge in [0, 0.05) is 31.9 Å². The molecule has 0 bridgehead atoms. The topological polar surface area (TPSA) is 66.3 Å². The molecular formula is C19H24N6O. The number of nitrogens with zero attached hydrogens (tertiary/aromatic N) is 5. The number of nitrogens with one attached hydrogen (secondary N) is 1. The number of aromatic nitrogens is 3. The van der Waals surface area contributed by atoms with Crippen LogP contribution in [0, 0.1) is 6.92 Å². The second-order valence-electron chi connectivity index (χ2n) is 7.05. The summed E-state index contributed by atoms with van der Waals surface area (Å²) in [5.74, 6) is 0.753. The quantitative estimate of drug-likeness (QED) is 0.890. The number of fused-ring (bicyclic) bond motifs is 1. The molecule has 0 unspecified atom stereocenters. The van der Waals surface area contributed by atoms with Gasteiger partial charge in [-0.2, -0.15) is 10.1 Å². The first-order chi connectivity index (χ1) is 12.6. The van der Waals surface area contributed by atoms with Crippen molar-refractivity contribution in [2.24, 2.45) is 0 Å². The molecule has 3 heterocycles. The van der Waals surface area contributed by atoms with Gasteiger partial charge in [0.05, 0.1) is 5.57 Å². The van der Waals surface area contributed by atoms with Crippen LogP contribution < -0.4 is 5.32 Å². The second kappa shape index (κ2) is 6.57. The van der Waals surface area contributed by atoms with E-state index in [1.54, 1.807) is 0 Å². The highest BCUT2D eigenvalue weighted by molar-refractivity contribution is 5.97. The van der Waals surface area contributed by atoms with Crippen molar-refractivity contribution in [3.63, 3.8) is 0 Å². The first-order valence-electron chi connectivity index (χ1n) is 8.97. The Hall–Kier alpha value is -2.67. The van der Waals surface area contributed by atoms with Crippen molar-refractivity contribution in [1.29, 1.82) is 0 Å². The summed E-state index contributed by atoms with van der Waals surface area (Å²) in [6, 6.07) is 7.90. The minimum absolute atomic E-state index is 0.0810. The maximum absolute atomic E-state index is 13.4. The summed E-state index contributed by atoms with van der Waals surface area (Å²) in [4.78, 5) is 21.9. The predicted molar refractivity (Wildman–Crippen MR) is 99.7 cm³/mol. The molecule has 1 N–H and O–H groups in total. The van der Waals surface area contributed by atoms with Crippen molar-refractivity contribution < 1.29 is 4.79 Å². The van der Waals surface area contributed by atoms with Crippen LogP contribution in [0.15, 0.2) is 41.9 Å². The van der Waals surface area contributed by atoms with E-state index in [9.17, 15) is 4.79 Å². The summed E-state index contributed by atoms with van der Waals surface area (Å²) < 4.78 is 1.82. The molecule has 0 saturated carbocycles. The highest BCUT2D eigenvalue weighted by Crippen LogP contribution is 2.36. The Balaban J connectivity index is 1.78. The van der Waals surface area contributed by atoms with Gasteiger partial charge in [0.1, 0.15) is 12.4 Å². The molecule has 7 nitrogen and oxygen atoms in total. The molecule has 0 aliphatic carbocycles. The van der Waals surface area contributed by atoms with Crippen LogP contribution in [0.25, 0.3) is 0 Å². The van der Waals surface area contributed by atoms with E-state index in [2.05, 4.69) is 46.4 Å². The smallest absolute Gasteiger partial charge is 0.254 e. The molecule has 2 aromatic rings. The first kappa shape index (κ1) is 16.8. The lowest BCUT2D eigenvalue weighted by atomic mass is 9.91. The summed E-state index contributed by atoms with van der Waals surface area (Å²) in [6.07, 6.45) is 1.53. The lowest BCUT2D eigenvalue weighted by Gasteiger charge is -2.36. The molecule has 2 aliphatic rings. The molecule has 1 fully saturated rings. The Morgan fingerprint density at radius 2 is 1.88 bits per heavy atom. The molecule has 2 aliphatic heterocycles. The highest BCUT2D eigenvalue weighted by atomic mass is 16.2. The molecule has 0 radical (unpaired) electrons. The van der Waals surface area contributed by atoms with Crippen LogP contribution in [0.1, 0.15) is 24.1 Å². The van der Waals surface area contributed by atoms with E-state index in [-0.39, 0.29) is 11.9 Å². The number of carbonyl (C=O) groups excluding carboxylic acids is 1. The van der Waals surface area contributed by atoms with Crippen LogP contribution in [-0.2, 0) is 4.79 Å². The summed E-state index contributed by atoms with van der Waals surface area (Å²) in [5.41, 5.74) is 3.82. The maximum atomic E-state index is 13.4. The van der Waals surface area contributed by atoms with Crippen molar-refractivity contribution in [2.45, 2.75) is 19.9 Å². The third-order valence-electron chi connectivity index (χ3n) is 5.30. The molecule has 4 rings (SSSR count). The van der Waals surface area contributed by atoms with E-state index in [0.717, 1.165) is 48.6 Å². The molecule has 1 atom stereocenters. The molecule has 26 heavy (non-hydrogen) atoms. The van der Waals surface area contributed by atoms with Crippen LogP contribution >= 0.6 is 0 Å². The summed E-state index contributed by atoms with van der Waals surface area (Å²) in [7, 11) is 2.09. The Morgan fingerprint density at radius 3 is 2.62 bits per heavy atom. The Bertz CT molecular complexity index is 862. The number of rotatable bonds is 2. The summed E-state index contributed by atoms with van der Waals surface area (Å²) in [5, 5.41) is 7.66. The van der Waals surface area contributed by atoms with E-state index in [4.69, 9.17) is 0 Å². The van der Waals surface area contributed by atoms with Gasteiger partial charge in [0.25, 0.3) is 5.91 Å². The van der Waals surface area contributed by atoms with Gasteiger partial charge in [0.2, 0.25) is 5.95 Å². The van der Waals surface area contributed by atoms with Crippen molar-refractivity contribution in [1.82, 2.24) is 24.6 Å². The van der Waals surface area contributed by atoms with Crippen LogP contribution in [0.5, 0.6) is 0 Å². The second-order valence-corrected chi connectivity index (χ2v) is 7.05. The molecule has 136 valence electrons. The van der Waals surface area contributed by atoms with E-state index in [1.807, 2.05) is 28.6 Å². The van der Waals surface area contributed by atoms with E-state index >= 15 is 0 Å².